The topological polar surface area (TPSA) is 15.3 Å². The quantitative estimate of drug-likeness (QED) is 0.690. The molecule has 0 radical (unpaired) electrons. The number of hydrogen-bond acceptors (Lipinski definition) is 1. The summed E-state index contributed by atoms with van der Waals surface area (Å²) in [6.07, 6.45) is 0. The number of halogens is 2. The van der Waals surface area contributed by atoms with Crippen molar-refractivity contribution in [2.45, 2.75) is 27.7 Å². The Bertz CT molecular complexity index is 453. The number of thiocarbonyl (C=S) groups is 1. The van der Waals surface area contributed by atoms with Crippen molar-refractivity contribution in [3.8, 4) is 0 Å². The molecule has 0 saturated heterocycles. The van der Waals surface area contributed by atoms with Gasteiger partial charge in [-0.1, -0.05) is 55.2 Å². The lowest BCUT2D eigenvalue weighted by Gasteiger charge is -2.29. The number of nitrogens with zero attached hydrogens (tertiary/aromatic N) is 1. The van der Waals surface area contributed by atoms with Gasteiger partial charge in [0.1, 0.15) is 0 Å². The molecule has 20 heavy (non-hydrogen) atoms. The highest BCUT2D eigenvalue weighted by molar-refractivity contribution is 9.10. The lowest BCUT2D eigenvalue weighted by molar-refractivity contribution is 0.332. The zero-order chi connectivity index (χ0) is 15.3. The van der Waals surface area contributed by atoms with Crippen LogP contribution in [0.25, 0.3) is 0 Å². The largest absolute Gasteiger partial charge is 0.349 e. The van der Waals surface area contributed by atoms with Gasteiger partial charge in [-0.2, -0.15) is 0 Å². The minimum absolute atomic E-state index is 0.564. The molecule has 0 aliphatic rings. The van der Waals surface area contributed by atoms with Crippen LogP contribution in [-0.2, 0) is 0 Å². The molecule has 5 heteroatoms. The van der Waals surface area contributed by atoms with Gasteiger partial charge in [0.2, 0.25) is 0 Å². The van der Waals surface area contributed by atoms with Crippen molar-refractivity contribution < 1.29 is 0 Å². The van der Waals surface area contributed by atoms with Crippen LogP contribution in [0.3, 0.4) is 0 Å². The maximum Gasteiger partial charge on any atom is 0.173 e. The molecule has 0 unspecified atom stereocenters. The molecule has 0 aromatic heterocycles. The fraction of sp³-hybridized carbons (Fsp3) is 0.533. The van der Waals surface area contributed by atoms with E-state index < -0.39 is 0 Å². The maximum absolute atomic E-state index is 6.22. The van der Waals surface area contributed by atoms with E-state index in [-0.39, 0.29) is 0 Å². The van der Waals surface area contributed by atoms with Crippen LogP contribution in [-0.4, -0.2) is 23.1 Å². The van der Waals surface area contributed by atoms with E-state index >= 15 is 0 Å². The second-order valence-corrected chi connectivity index (χ2v) is 7.46. The van der Waals surface area contributed by atoms with Crippen LogP contribution in [0.2, 0.25) is 5.02 Å². The molecule has 1 aromatic carbocycles. The first-order chi connectivity index (χ1) is 9.29. The van der Waals surface area contributed by atoms with Crippen molar-refractivity contribution in [2.75, 3.05) is 18.4 Å². The Balaban J connectivity index is 2.79. The van der Waals surface area contributed by atoms with Crippen molar-refractivity contribution in [3.05, 3.63) is 27.7 Å². The minimum Gasteiger partial charge on any atom is -0.349 e. The summed E-state index contributed by atoms with van der Waals surface area (Å²) >= 11 is 15.2. The summed E-state index contributed by atoms with van der Waals surface area (Å²) in [4.78, 5) is 2.21. The van der Waals surface area contributed by atoms with E-state index in [0.29, 0.717) is 16.9 Å². The molecule has 0 amide bonds. The standard InChI is InChI=1S/C15H22BrClN2S/c1-10(2)8-19(9-11(3)4)15(20)18-14-6-5-12(16)7-13(14)17/h5-7,10-11H,8-9H2,1-4H3,(H,18,20). The van der Waals surface area contributed by atoms with E-state index in [0.717, 1.165) is 28.4 Å². The Morgan fingerprint density at radius 1 is 1.25 bits per heavy atom. The first-order valence-corrected chi connectivity index (χ1v) is 8.38. The number of anilines is 1. The van der Waals surface area contributed by atoms with E-state index in [1.165, 1.54) is 0 Å². The van der Waals surface area contributed by atoms with Crippen LogP contribution in [0, 0.1) is 11.8 Å². The summed E-state index contributed by atoms with van der Waals surface area (Å²) in [7, 11) is 0. The van der Waals surface area contributed by atoms with Gasteiger partial charge in [0, 0.05) is 17.6 Å². The van der Waals surface area contributed by atoms with Crippen LogP contribution < -0.4 is 5.32 Å². The molecule has 2 nitrogen and oxygen atoms in total. The molecule has 0 bridgehead atoms. The molecule has 1 aromatic rings. The molecular formula is C15H22BrClN2S. The Morgan fingerprint density at radius 3 is 2.25 bits per heavy atom. The Kier molecular flexibility index (Phi) is 7.27. The molecular weight excluding hydrogens is 356 g/mol. The fourth-order valence-electron chi connectivity index (χ4n) is 1.91. The molecule has 0 aliphatic carbocycles. The van der Waals surface area contributed by atoms with Gasteiger partial charge in [-0.25, -0.2) is 0 Å². The van der Waals surface area contributed by atoms with Crippen molar-refractivity contribution in [1.82, 2.24) is 4.90 Å². The summed E-state index contributed by atoms with van der Waals surface area (Å²) in [5, 5.41) is 4.65. The van der Waals surface area contributed by atoms with Crippen LogP contribution in [0.1, 0.15) is 27.7 Å². The first kappa shape index (κ1) is 17.7. The van der Waals surface area contributed by atoms with Crippen LogP contribution >= 0.6 is 39.7 Å². The first-order valence-electron chi connectivity index (χ1n) is 6.80. The fourth-order valence-corrected chi connectivity index (χ4v) is 2.89. The van der Waals surface area contributed by atoms with Crippen molar-refractivity contribution in [2.24, 2.45) is 11.8 Å². The van der Waals surface area contributed by atoms with Gasteiger partial charge < -0.3 is 10.2 Å². The summed E-state index contributed by atoms with van der Waals surface area (Å²) in [6, 6.07) is 5.75. The minimum atomic E-state index is 0.564. The monoisotopic (exact) mass is 376 g/mol. The van der Waals surface area contributed by atoms with Gasteiger partial charge in [0.05, 0.1) is 10.7 Å². The zero-order valence-electron chi connectivity index (χ0n) is 12.4. The van der Waals surface area contributed by atoms with Gasteiger partial charge in [-0.15, -0.1) is 0 Å². The predicted octanol–water partition coefficient (Wildman–Crippen LogP) is 5.41. The van der Waals surface area contributed by atoms with Gasteiger partial charge in [0.25, 0.3) is 0 Å². The highest BCUT2D eigenvalue weighted by atomic mass is 79.9. The molecule has 0 fully saturated rings. The Morgan fingerprint density at radius 2 is 1.80 bits per heavy atom. The highest BCUT2D eigenvalue weighted by Crippen LogP contribution is 2.26. The molecule has 0 aliphatic heterocycles. The maximum atomic E-state index is 6.22. The van der Waals surface area contributed by atoms with Crippen molar-refractivity contribution >= 4 is 50.5 Å². The third-order valence-corrected chi connectivity index (χ3v) is 3.80. The molecule has 1 rings (SSSR count). The normalized spacial score (nSPS) is 11.0. The SMILES string of the molecule is CC(C)CN(CC(C)C)C(=S)Nc1ccc(Br)cc1Cl. The Hall–Kier alpha value is -0.320. The Labute approximate surface area is 141 Å². The van der Waals surface area contributed by atoms with Gasteiger partial charge in [-0.3, -0.25) is 0 Å². The van der Waals surface area contributed by atoms with Gasteiger partial charge in [0.15, 0.2) is 5.11 Å². The van der Waals surface area contributed by atoms with Crippen molar-refractivity contribution in [3.63, 3.8) is 0 Å². The van der Waals surface area contributed by atoms with Gasteiger partial charge >= 0.3 is 0 Å². The lowest BCUT2D eigenvalue weighted by atomic mass is 10.1. The van der Waals surface area contributed by atoms with Crippen molar-refractivity contribution in [1.29, 1.82) is 0 Å². The summed E-state index contributed by atoms with van der Waals surface area (Å²) in [5.41, 5.74) is 0.845. The number of hydrogen-bond donors (Lipinski definition) is 1. The summed E-state index contributed by atoms with van der Waals surface area (Å²) in [5.74, 6) is 1.13. The molecule has 112 valence electrons. The van der Waals surface area contributed by atoms with E-state index in [4.69, 9.17) is 23.8 Å². The molecule has 0 saturated carbocycles. The molecule has 0 atom stereocenters. The average molecular weight is 378 g/mol. The van der Waals surface area contributed by atoms with Crippen LogP contribution in [0.4, 0.5) is 5.69 Å². The summed E-state index contributed by atoms with van der Waals surface area (Å²) in [6.45, 7) is 10.7. The van der Waals surface area contributed by atoms with E-state index in [9.17, 15) is 0 Å². The third kappa shape index (κ3) is 5.98. The molecule has 0 heterocycles. The predicted molar refractivity (Wildman–Crippen MR) is 96.6 cm³/mol. The van der Waals surface area contributed by atoms with E-state index in [2.05, 4.69) is 53.8 Å². The lowest BCUT2D eigenvalue weighted by Crippen LogP contribution is -2.39. The molecule has 1 N–H and O–H groups in total. The second kappa shape index (κ2) is 8.20. The third-order valence-electron chi connectivity index (χ3n) is 2.63. The summed E-state index contributed by atoms with van der Waals surface area (Å²) < 4.78 is 0.959. The van der Waals surface area contributed by atoms with Crippen LogP contribution in [0.5, 0.6) is 0 Å². The number of nitrogens with one attached hydrogen (secondary N) is 1. The second-order valence-electron chi connectivity index (χ2n) is 5.75. The smallest absolute Gasteiger partial charge is 0.173 e. The van der Waals surface area contributed by atoms with Gasteiger partial charge in [-0.05, 0) is 42.3 Å². The van der Waals surface area contributed by atoms with E-state index in [1.807, 2.05) is 18.2 Å². The van der Waals surface area contributed by atoms with Crippen LogP contribution in [0.15, 0.2) is 22.7 Å². The zero-order valence-corrected chi connectivity index (χ0v) is 15.6. The number of rotatable bonds is 5. The average Bonchev–Trinajstić information content (AvgIpc) is 2.30. The highest BCUT2D eigenvalue weighted by Gasteiger charge is 2.14. The van der Waals surface area contributed by atoms with E-state index in [1.54, 1.807) is 0 Å². The molecule has 0 spiro atoms. The number of benzene rings is 1.